The van der Waals surface area contributed by atoms with Crippen LogP contribution >= 0.6 is 0 Å². The van der Waals surface area contributed by atoms with Crippen LogP contribution in [0.1, 0.15) is 25.7 Å². The van der Waals surface area contributed by atoms with Gasteiger partial charge in [0.2, 0.25) is 0 Å². The molecule has 14 heavy (non-hydrogen) atoms. The quantitative estimate of drug-likeness (QED) is 0.497. The van der Waals surface area contributed by atoms with Crippen LogP contribution in [-0.4, -0.2) is 19.9 Å². The van der Waals surface area contributed by atoms with Gasteiger partial charge in [-0.05, 0) is 43.4 Å². The molecule has 0 heterocycles. The van der Waals surface area contributed by atoms with E-state index in [1.165, 1.54) is 25.7 Å². The van der Waals surface area contributed by atoms with E-state index in [4.69, 9.17) is 4.74 Å². The first kappa shape index (κ1) is 10.2. The van der Waals surface area contributed by atoms with Gasteiger partial charge >= 0.3 is 0 Å². The van der Waals surface area contributed by atoms with E-state index in [1.54, 1.807) is 0 Å². The molecule has 2 rings (SSSR count). The number of halogens is 1. The molecule has 0 amide bonds. The van der Waals surface area contributed by atoms with Gasteiger partial charge in [-0.3, -0.25) is 0 Å². The smallest absolute Gasteiger partial charge is 0.113 e. The Morgan fingerprint density at radius 3 is 2.36 bits per heavy atom. The number of alkyl halides is 1. The van der Waals surface area contributed by atoms with Crippen molar-refractivity contribution < 1.29 is 9.13 Å². The molecule has 2 heteroatoms. The normalized spacial score (nSPS) is 35.9. The summed E-state index contributed by atoms with van der Waals surface area (Å²) in [7, 11) is 0. The van der Waals surface area contributed by atoms with Crippen LogP contribution in [0.4, 0.5) is 4.39 Å². The summed E-state index contributed by atoms with van der Waals surface area (Å²) >= 11 is 0. The lowest BCUT2D eigenvalue weighted by Gasteiger charge is -1.99. The molecule has 0 aliphatic heterocycles. The molecular weight excluding hydrogens is 178 g/mol. The minimum Gasteiger partial charge on any atom is -0.378 e. The Labute approximate surface area is 85.3 Å². The Kier molecular flexibility index (Phi) is 3.57. The molecule has 0 aromatic rings. The van der Waals surface area contributed by atoms with Gasteiger partial charge in [0.05, 0.1) is 13.2 Å². The predicted octanol–water partition coefficient (Wildman–Crippen LogP) is 2.96. The van der Waals surface area contributed by atoms with Gasteiger partial charge in [-0.15, -0.1) is 0 Å². The summed E-state index contributed by atoms with van der Waals surface area (Å²) in [6.07, 6.45) is 9.67. The Morgan fingerprint density at radius 2 is 1.79 bits per heavy atom. The zero-order valence-electron chi connectivity index (χ0n) is 8.62. The van der Waals surface area contributed by atoms with Crippen LogP contribution in [-0.2, 0) is 4.74 Å². The highest BCUT2D eigenvalue weighted by Crippen LogP contribution is 2.52. The van der Waals surface area contributed by atoms with E-state index < -0.39 is 0 Å². The third-order valence-electron chi connectivity index (χ3n) is 3.54. The molecular formula is C12H19FO. The van der Waals surface area contributed by atoms with E-state index in [1.807, 2.05) is 0 Å². The Balaban J connectivity index is 1.71. The maximum absolute atomic E-state index is 11.8. The first-order valence-corrected chi connectivity index (χ1v) is 5.72. The molecule has 0 saturated heterocycles. The number of allylic oxidation sites excluding steroid dienone is 2. The van der Waals surface area contributed by atoms with Crippen LogP contribution in [0.2, 0.25) is 0 Å². The zero-order chi connectivity index (χ0) is 9.80. The van der Waals surface area contributed by atoms with Gasteiger partial charge in [-0.25, -0.2) is 4.39 Å². The monoisotopic (exact) mass is 197 g/mol. The van der Waals surface area contributed by atoms with Crippen molar-refractivity contribution in [3.05, 3.63) is 12.2 Å². The minimum absolute atomic E-state index is 0.286. The van der Waals surface area contributed by atoms with Gasteiger partial charge in [0, 0.05) is 0 Å². The van der Waals surface area contributed by atoms with Crippen LogP contribution in [0.5, 0.6) is 0 Å². The molecule has 3 atom stereocenters. The highest BCUT2D eigenvalue weighted by molar-refractivity contribution is 5.01. The lowest BCUT2D eigenvalue weighted by Crippen LogP contribution is -2.01. The topological polar surface area (TPSA) is 9.23 Å². The maximum atomic E-state index is 11.8. The summed E-state index contributed by atoms with van der Waals surface area (Å²) in [6.45, 7) is 0.733. The fourth-order valence-electron chi connectivity index (χ4n) is 2.71. The van der Waals surface area contributed by atoms with E-state index >= 15 is 0 Å². The van der Waals surface area contributed by atoms with E-state index in [2.05, 4.69) is 12.2 Å². The van der Waals surface area contributed by atoms with Gasteiger partial charge in [-0.1, -0.05) is 12.2 Å². The number of rotatable bonds is 4. The average molecular weight is 197 g/mol. The van der Waals surface area contributed by atoms with Gasteiger partial charge in [-0.2, -0.15) is 0 Å². The zero-order valence-corrected chi connectivity index (χ0v) is 8.62. The second-order valence-electron chi connectivity index (χ2n) is 4.38. The molecule has 80 valence electrons. The van der Waals surface area contributed by atoms with Crippen molar-refractivity contribution in [1.29, 1.82) is 0 Å². The standard InChI is InChI=1S/C12H19FO/c13-7-8-14-9-12-10-5-3-1-2-4-6-11(10)12/h1-2,10-12H,3-9H2/t10-,11+,12?/i13-1. The van der Waals surface area contributed by atoms with Crippen LogP contribution in [0, 0.1) is 17.8 Å². The van der Waals surface area contributed by atoms with Gasteiger partial charge in [0.25, 0.3) is 0 Å². The third-order valence-corrected chi connectivity index (χ3v) is 3.54. The van der Waals surface area contributed by atoms with Crippen LogP contribution in [0.15, 0.2) is 12.2 Å². The molecule has 0 radical (unpaired) electrons. The van der Waals surface area contributed by atoms with Crippen molar-refractivity contribution in [3.8, 4) is 0 Å². The SMILES string of the molecule is [18F]CCOCC1[C@H]2CCC=CCC[C@@H]12. The van der Waals surface area contributed by atoms with Gasteiger partial charge in [0.15, 0.2) is 0 Å². The molecule has 0 aromatic carbocycles. The number of hydrogen-bond acceptors (Lipinski definition) is 1. The van der Waals surface area contributed by atoms with Gasteiger partial charge < -0.3 is 4.74 Å². The molecule has 0 spiro atoms. The van der Waals surface area contributed by atoms with Crippen LogP contribution in [0.3, 0.4) is 0 Å². The minimum atomic E-state index is -0.344. The number of ether oxygens (including phenoxy) is 1. The first-order chi connectivity index (χ1) is 6.93. The summed E-state index contributed by atoms with van der Waals surface area (Å²) in [6, 6.07) is 0. The molecule has 0 N–H and O–H groups in total. The van der Waals surface area contributed by atoms with Crippen molar-refractivity contribution in [2.45, 2.75) is 25.7 Å². The number of hydrogen-bond donors (Lipinski definition) is 0. The molecule has 1 unspecified atom stereocenters. The van der Waals surface area contributed by atoms with Gasteiger partial charge in [0.1, 0.15) is 6.67 Å². The highest BCUT2D eigenvalue weighted by atomic mass is 18.2. The molecule has 2 aliphatic rings. The van der Waals surface area contributed by atoms with E-state index in [0.717, 1.165) is 24.4 Å². The summed E-state index contributed by atoms with van der Waals surface area (Å²) in [5.41, 5.74) is 0. The third kappa shape index (κ3) is 2.35. The molecule has 0 bridgehead atoms. The Hall–Kier alpha value is -0.370. The molecule has 1 saturated carbocycles. The van der Waals surface area contributed by atoms with E-state index in [0.29, 0.717) is 0 Å². The first-order valence-electron chi connectivity index (χ1n) is 5.72. The summed E-state index contributed by atoms with van der Waals surface area (Å²) in [5, 5.41) is 0. The van der Waals surface area contributed by atoms with Crippen molar-refractivity contribution in [1.82, 2.24) is 0 Å². The molecule has 1 nitrogen and oxygen atoms in total. The molecule has 1 fully saturated rings. The van der Waals surface area contributed by atoms with E-state index in [-0.39, 0.29) is 13.3 Å². The van der Waals surface area contributed by atoms with Crippen molar-refractivity contribution >= 4 is 0 Å². The fourth-order valence-corrected chi connectivity index (χ4v) is 2.71. The van der Waals surface area contributed by atoms with Crippen LogP contribution < -0.4 is 0 Å². The van der Waals surface area contributed by atoms with Crippen molar-refractivity contribution in [3.63, 3.8) is 0 Å². The Morgan fingerprint density at radius 1 is 1.14 bits per heavy atom. The van der Waals surface area contributed by atoms with Crippen molar-refractivity contribution in [2.75, 3.05) is 19.9 Å². The lowest BCUT2D eigenvalue weighted by molar-refractivity contribution is 0.104. The molecule has 0 aromatic heterocycles. The number of fused-ring (bicyclic) bond motifs is 1. The summed E-state index contributed by atoms with van der Waals surface area (Å²) in [5.74, 6) is 2.49. The van der Waals surface area contributed by atoms with E-state index in [9.17, 15) is 4.39 Å². The highest BCUT2D eigenvalue weighted by Gasteiger charge is 2.48. The van der Waals surface area contributed by atoms with Crippen molar-refractivity contribution in [2.24, 2.45) is 17.8 Å². The average Bonchev–Trinajstić information content (AvgIpc) is 2.76. The Bertz CT molecular complexity index is 186. The summed E-state index contributed by atoms with van der Waals surface area (Å²) in [4.78, 5) is 0. The molecule has 2 aliphatic carbocycles. The lowest BCUT2D eigenvalue weighted by atomic mass is 10.1. The predicted molar refractivity (Wildman–Crippen MR) is 54.9 cm³/mol. The summed E-state index contributed by atoms with van der Waals surface area (Å²) < 4.78 is 17.1. The van der Waals surface area contributed by atoms with Crippen LogP contribution in [0.25, 0.3) is 0 Å². The maximum Gasteiger partial charge on any atom is 0.113 e. The fraction of sp³-hybridized carbons (Fsp3) is 0.833. The largest absolute Gasteiger partial charge is 0.378 e. The second-order valence-corrected chi connectivity index (χ2v) is 4.38. The second kappa shape index (κ2) is 4.92.